The molecular weight excluding hydrogens is 366 g/mol. The fourth-order valence-corrected chi connectivity index (χ4v) is 4.32. The minimum absolute atomic E-state index is 0.646. The van der Waals surface area contributed by atoms with E-state index in [9.17, 15) is 0 Å². The monoisotopic (exact) mass is 393 g/mol. The number of nitrogens with zero attached hydrogens (tertiary/aromatic N) is 3. The quantitative estimate of drug-likeness (QED) is 0.594. The molecule has 27 heavy (non-hydrogen) atoms. The molecule has 0 saturated heterocycles. The van der Waals surface area contributed by atoms with Crippen molar-refractivity contribution in [2.75, 3.05) is 26.4 Å². The van der Waals surface area contributed by atoms with E-state index in [1.807, 2.05) is 11.8 Å². The Labute approximate surface area is 163 Å². The Hall–Kier alpha value is -2.06. The van der Waals surface area contributed by atoms with Crippen LogP contribution in [0.25, 0.3) is 11.0 Å². The fourth-order valence-electron chi connectivity index (χ4n) is 3.14. The molecule has 0 bridgehead atoms. The predicted molar refractivity (Wildman–Crippen MR) is 106 cm³/mol. The lowest BCUT2D eigenvalue weighted by atomic mass is 9.95. The molecule has 1 fully saturated rings. The Morgan fingerprint density at radius 1 is 1.15 bits per heavy atom. The lowest BCUT2D eigenvalue weighted by Crippen LogP contribution is -2.16. The van der Waals surface area contributed by atoms with Crippen LogP contribution in [0.1, 0.15) is 38.1 Å². The first-order valence-corrected chi connectivity index (χ1v) is 10.1. The number of aliphatic carboxylic acids is 2. The van der Waals surface area contributed by atoms with Crippen LogP contribution in [0.3, 0.4) is 0 Å². The van der Waals surface area contributed by atoms with Crippen LogP contribution in [0.4, 0.5) is 0 Å². The lowest BCUT2D eigenvalue weighted by molar-refractivity contribution is -0.159. The van der Waals surface area contributed by atoms with Crippen molar-refractivity contribution >= 4 is 34.7 Å². The summed E-state index contributed by atoms with van der Waals surface area (Å²) in [4.78, 5) is 25.3. The summed E-state index contributed by atoms with van der Waals surface area (Å²) in [5, 5.41) is 16.0. The summed E-state index contributed by atoms with van der Waals surface area (Å²) in [6, 6.07) is 9.25. The number of carbonyl (C=O) groups is 2. The number of aromatic nitrogens is 2. The largest absolute Gasteiger partial charge is 0.473 e. The van der Waals surface area contributed by atoms with Crippen LogP contribution in [-0.4, -0.2) is 63.0 Å². The molecule has 2 N–H and O–H groups in total. The highest BCUT2D eigenvalue weighted by molar-refractivity contribution is 7.99. The molecule has 7 nitrogen and oxygen atoms in total. The highest BCUT2D eigenvalue weighted by Gasteiger charge is 2.21. The Kier molecular flexibility index (Phi) is 8.12. The molecule has 1 aromatic carbocycles. The Bertz CT molecular complexity index is 757. The van der Waals surface area contributed by atoms with E-state index in [-0.39, 0.29) is 0 Å². The Morgan fingerprint density at radius 3 is 2.37 bits per heavy atom. The number of hydrogen-bond acceptors (Lipinski definition) is 5. The molecule has 1 saturated carbocycles. The van der Waals surface area contributed by atoms with Crippen molar-refractivity contribution in [1.82, 2.24) is 14.5 Å². The molecule has 0 unspecified atom stereocenters. The molecule has 8 heteroatoms. The third-order valence-electron chi connectivity index (χ3n) is 4.46. The normalized spacial score (nSPS) is 14.8. The number of carboxylic acids is 2. The molecule has 0 atom stereocenters. The number of carboxylic acid groups (broad SMARTS) is 2. The van der Waals surface area contributed by atoms with E-state index in [1.54, 1.807) is 0 Å². The molecular formula is C19H27N3O4S. The first-order valence-electron chi connectivity index (χ1n) is 9.11. The van der Waals surface area contributed by atoms with Gasteiger partial charge < -0.3 is 19.7 Å². The molecule has 0 radical (unpaired) electrons. The molecule has 1 aliphatic rings. The lowest BCUT2D eigenvalue weighted by Gasteiger charge is -2.25. The first-order chi connectivity index (χ1) is 12.9. The van der Waals surface area contributed by atoms with Crippen LogP contribution in [0.2, 0.25) is 0 Å². The van der Waals surface area contributed by atoms with E-state index in [0.29, 0.717) is 6.04 Å². The van der Waals surface area contributed by atoms with Crippen LogP contribution >= 0.6 is 11.8 Å². The van der Waals surface area contributed by atoms with Crippen molar-refractivity contribution in [3.8, 4) is 0 Å². The number of benzene rings is 1. The second-order valence-corrected chi connectivity index (χ2v) is 7.87. The highest BCUT2D eigenvalue weighted by Crippen LogP contribution is 2.35. The second-order valence-electron chi connectivity index (χ2n) is 6.81. The van der Waals surface area contributed by atoms with Gasteiger partial charge in [0.25, 0.3) is 0 Å². The van der Waals surface area contributed by atoms with Gasteiger partial charge in [0.05, 0.1) is 11.0 Å². The maximum Gasteiger partial charge on any atom is 0.414 e. The van der Waals surface area contributed by atoms with Crippen molar-refractivity contribution in [2.24, 2.45) is 0 Å². The zero-order chi connectivity index (χ0) is 19.8. The summed E-state index contributed by atoms with van der Waals surface area (Å²) >= 11 is 1.90. The van der Waals surface area contributed by atoms with Gasteiger partial charge in [-0.15, -0.1) is 0 Å². The maximum atomic E-state index is 9.10. The molecule has 0 aliphatic heterocycles. The summed E-state index contributed by atoms with van der Waals surface area (Å²) in [7, 11) is 4.26. The van der Waals surface area contributed by atoms with Gasteiger partial charge >= 0.3 is 11.9 Å². The van der Waals surface area contributed by atoms with Crippen molar-refractivity contribution in [3.63, 3.8) is 0 Å². The van der Waals surface area contributed by atoms with E-state index >= 15 is 0 Å². The second kappa shape index (κ2) is 10.3. The van der Waals surface area contributed by atoms with Crippen molar-refractivity contribution in [1.29, 1.82) is 0 Å². The van der Waals surface area contributed by atoms with Gasteiger partial charge in [-0.1, -0.05) is 43.2 Å². The van der Waals surface area contributed by atoms with Crippen LogP contribution in [0.15, 0.2) is 29.4 Å². The van der Waals surface area contributed by atoms with Gasteiger partial charge in [0.15, 0.2) is 5.16 Å². The Morgan fingerprint density at radius 2 is 1.78 bits per heavy atom. The molecule has 148 valence electrons. The van der Waals surface area contributed by atoms with E-state index in [2.05, 4.69) is 47.8 Å². The van der Waals surface area contributed by atoms with E-state index in [4.69, 9.17) is 24.8 Å². The number of imidazole rings is 1. The van der Waals surface area contributed by atoms with Crippen LogP contribution in [0.5, 0.6) is 0 Å². The molecule has 1 aromatic heterocycles. The van der Waals surface area contributed by atoms with E-state index in [0.717, 1.165) is 17.8 Å². The summed E-state index contributed by atoms with van der Waals surface area (Å²) in [5.74, 6) is -2.55. The van der Waals surface area contributed by atoms with Crippen LogP contribution < -0.4 is 0 Å². The average molecular weight is 394 g/mol. The predicted octanol–water partition coefficient (Wildman–Crippen LogP) is 3.35. The van der Waals surface area contributed by atoms with Gasteiger partial charge in [-0.05, 0) is 39.1 Å². The van der Waals surface area contributed by atoms with Crippen molar-refractivity contribution < 1.29 is 19.8 Å². The zero-order valence-corrected chi connectivity index (χ0v) is 16.6. The van der Waals surface area contributed by atoms with Gasteiger partial charge in [0, 0.05) is 18.3 Å². The molecule has 1 heterocycles. The topological polar surface area (TPSA) is 95.7 Å². The minimum atomic E-state index is -1.82. The summed E-state index contributed by atoms with van der Waals surface area (Å²) in [6.45, 7) is 1.10. The van der Waals surface area contributed by atoms with Crippen molar-refractivity contribution in [3.05, 3.63) is 24.3 Å². The number of para-hydroxylation sites is 2. The molecule has 1 aliphatic carbocycles. The average Bonchev–Trinajstić information content (AvgIpc) is 3.00. The smallest absolute Gasteiger partial charge is 0.414 e. The van der Waals surface area contributed by atoms with Gasteiger partial charge in [-0.3, -0.25) is 0 Å². The molecule has 2 aromatic rings. The first kappa shape index (κ1) is 21.2. The van der Waals surface area contributed by atoms with Gasteiger partial charge in [0.1, 0.15) is 0 Å². The summed E-state index contributed by atoms with van der Waals surface area (Å²) in [5.41, 5.74) is 2.46. The number of hydrogen-bond donors (Lipinski definition) is 2. The van der Waals surface area contributed by atoms with Crippen LogP contribution in [0, 0.1) is 0 Å². The highest BCUT2D eigenvalue weighted by atomic mass is 32.2. The third-order valence-corrected chi connectivity index (χ3v) is 5.39. The third kappa shape index (κ3) is 6.25. The number of thioether (sulfide) groups is 1. The molecule has 0 spiro atoms. The van der Waals surface area contributed by atoms with E-state index < -0.39 is 11.9 Å². The Balaban J connectivity index is 0.000000380. The maximum absolute atomic E-state index is 9.10. The zero-order valence-electron chi connectivity index (χ0n) is 15.8. The SMILES string of the molecule is CN(C)CCSc1nc2ccccc2n1C1CCCCC1.O=C(O)C(=O)O. The number of rotatable bonds is 5. The standard InChI is InChI=1S/C17H25N3S.C2H2O4/c1-19(2)12-13-21-17-18-15-10-6-7-11-16(15)20(17)14-8-4-3-5-9-14;3-1(4)2(5)6/h6-7,10-11,14H,3-5,8-9,12-13H2,1-2H3;(H,3,4)(H,5,6). The van der Waals surface area contributed by atoms with Crippen molar-refractivity contribution in [2.45, 2.75) is 43.3 Å². The molecule has 0 amide bonds. The summed E-state index contributed by atoms with van der Waals surface area (Å²) < 4.78 is 2.52. The number of fused-ring (bicyclic) bond motifs is 1. The fraction of sp³-hybridized carbons (Fsp3) is 0.526. The van der Waals surface area contributed by atoms with Gasteiger partial charge in [-0.25, -0.2) is 14.6 Å². The summed E-state index contributed by atoms with van der Waals surface area (Å²) in [6.07, 6.45) is 6.73. The van der Waals surface area contributed by atoms with Gasteiger partial charge in [0.2, 0.25) is 0 Å². The minimum Gasteiger partial charge on any atom is -0.473 e. The van der Waals surface area contributed by atoms with Crippen LogP contribution in [-0.2, 0) is 9.59 Å². The molecule has 3 rings (SSSR count). The van der Waals surface area contributed by atoms with Gasteiger partial charge in [-0.2, -0.15) is 0 Å². The van der Waals surface area contributed by atoms with E-state index in [1.165, 1.54) is 42.8 Å².